The van der Waals surface area contributed by atoms with Crippen molar-refractivity contribution in [1.82, 2.24) is 9.80 Å². The number of amides is 2. The van der Waals surface area contributed by atoms with Gasteiger partial charge in [0.15, 0.2) is 0 Å². The van der Waals surface area contributed by atoms with Gasteiger partial charge in [-0.25, -0.2) is 0 Å². The molecule has 0 radical (unpaired) electrons. The van der Waals surface area contributed by atoms with Crippen molar-refractivity contribution < 1.29 is 14.3 Å². The van der Waals surface area contributed by atoms with Crippen LogP contribution in [0.5, 0.6) is 0 Å². The summed E-state index contributed by atoms with van der Waals surface area (Å²) >= 11 is 1.49. The minimum absolute atomic E-state index is 0.140. The Bertz CT molecular complexity index is 782. The van der Waals surface area contributed by atoms with E-state index in [4.69, 9.17) is 4.74 Å². The first kappa shape index (κ1) is 21.1. The summed E-state index contributed by atoms with van der Waals surface area (Å²) in [5.41, 5.74) is 3.73. The van der Waals surface area contributed by atoms with Gasteiger partial charge in [0, 0.05) is 31.4 Å². The average molecular weight is 403 g/mol. The zero-order valence-corrected chi connectivity index (χ0v) is 18.1. The summed E-state index contributed by atoms with van der Waals surface area (Å²) in [5, 5.41) is 0.238. The van der Waals surface area contributed by atoms with E-state index in [1.54, 1.807) is 0 Å². The summed E-state index contributed by atoms with van der Waals surface area (Å²) in [5.74, 6) is -0.294. The number of carbonyl (C=O) groups is 2. The lowest BCUT2D eigenvalue weighted by Crippen LogP contribution is -2.39. The minimum atomic E-state index is -0.154. The number of imide groups is 1. The predicted octanol–water partition coefficient (Wildman–Crippen LogP) is 3.25. The lowest BCUT2D eigenvalue weighted by atomic mass is 10.0. The number of benzene rings is 1. The van der Waals surface area contributed by atoms with Crippen molar-refractivity contribution in [2.24, 2.45) is 0 Å². The zero-order valence-electron chi connectivity index (χ0n) is 17.3. The van der Waals surface area contributed by atoms with Crippen LogP contribution in [0.15, 0.2) is 23.1 Å². The number of thioether (sulfide) groups is 1. The molecule has 152 valence electrons. The third-order valence-corrected chi connectivity index (χ3v) is 6.32. The second-order valence-electron chi connectivity index (χ2n) is 7.74. The molecular formula is C22H30N2O3S. The maximum Gasteiger partial charge on any atom is 0.267 e. The van der Waals surface area contributed by atoms with Gasteiger partial charge in [-0.2, -0.15) is 0 Å². The standard InChI is InChI=1S/C22H30N2O3S/c1-15(2)28-20-19(18-7-6-16(3)17(4)14-18)21(25)24(22(20)26)9-5-8-23-10-12-27-13-11-23/h6-7,14-15H,5,8-13H2,1-4H3. The lowest BCUT2D eigenvalue weighted by molar-refractivity contribution is -0.136. The smallest absolute Gasteiger partial charge is 0.267 e. The van der Waals surface area contributed by atoms with Crippen molar-refractivity contribution in [2.75, 3.05) is 39.4 Å². The third-order valence-electron chi connectivity index (χ3n) is 5.23. The third kappa shape index (κ3) is 4.67. The summed E-state index contributed by atoms with van der Waals surface area (Å²) in [6, 6.07) is 6.00. The molecule has 28 heavy (non-hydrogen) atoms. The molecule has 1 aromatic carbocycles. The van der Waals surface area contributed by atoms with Gasteiger partial charge in [0.2, 0.25) is 0 Å². The molecule has 3 rings (SSSR count). The van der Waals surface area contributed by atoms with E-state index in [0.29, 0.717) is 17.0 Å². The molecule has 1 fully saturated rings. The van der Waals surface area contributed by atoms with Crippen molar-refractivity contribution in [3.63, 3.8) is 0 Å². The van der Waals surface area contributed by atoms with E-state index in [2.05, 4.69) is 25.7 Å². The molecule has 2 aliphatic heterocycles. The topological polar surface area (TPSA) is 49.9 Å². The fraction of sp³-hybridized carbons (Fsp3) is 0.545. The van der Waals surface area contributed by atoms with Gasteiger partial charge >= 0.3 is 0 Å². The van der Waals surface area contributed by atoms with Crippen LogP contribution in [0.4, 0.5) is 0 Å². The van der Waals surface area contributed by atoms with E-state index in [-0.39, 0.29) is 17.1 Å². The molecule has 0 unspecified atom stereocenters. The summed E-state index contributed by atoms with van der Waals surface area (Å²) < 4.78 is 5.38. The fourth-order valence-electron chi connectivity index (χ4n) is 3.53. The zero-order chi connectivity index (χ0) is 20.3. The molecule has 0 aliphatic carbocycles. The first-order valence-corrected chi connectivity index (χ1v) is 10.9. The van der Waals surface area contributed by atoms with E-state index in [1.807, 2.05) is 25.1 Å². The molecule has 0 bridgehead atoms. The molecule has 0 saturated carbocycles. The Balaban J connectivity index is 1.77. The highest BCUT2D eigenvalue weighted by molar-refractivity contribution is 8.04. The number of rotatable bonds is 7. The SMILES string of the molecule is Cc1ccc(C2=C(SC(C)C)C(=O)N(CCCN3CCOCC3)C2=O)cc1C. The quantitative estimate of drug-likeness (QED) is 0.656. The maximum absolute atomic E-state index is 13.2. The molecule has 1 aromatic rings. The maximum atomic E-state index is 13.2. The second kappa shape index (κ2) is 9.25. The van der Waals surface area contributed by atoms with Gasteiger partial charge in [0.05, 0.1) is 23.7 Å². The van der Waals surface area contributed by atoms with Gasteiger partial charge in [-0.3, -0.25) is 19.4 Å². The Kier molecular flexibility index (Phi) is 6.96. The molecule has 0 atom stereocenters. The van der Waals surface area contributed by atoms with E-state index in [1.165, 1.54) is 22.2 Å². The van der Waals surface area contributed by atoms with E-state index >= 15 is 0 Å². The Hall–Kier alpha value is -1.63. The van der Waals surface area contributed by atoms with Gasteiger partial charge < -0.3 is 4.74 Å². The highest BCUT2D eigenvalue weighted by Crippen LogP contribution is 2.38. The van der Waals surface area contributed by atoms with Crippen LogP contribution in [0.25, 0.3) is 5.57 Å². The van der Waals surface area contributed by atoms with E-state index in [9.17, 15) is 9.59 Å². The van der Waals surface area contributed by atoms with Crippen LogP contribution in [0, 0.1) is 13.8 Å². The van der Waals surface area contributed by atoms with E-state index in [0.717, 1.165) is 50.4 Å². The number of aryl methyl sites for hydroxylation is 2. The van der Waals surface area contributed by atoms with Crippen LogP contribution in [0.2, 0.25) is 0 Å². The highest BCUT2D eigenvalue weighted by atomic mass is 32.2. The second-order valence-corrected chi connectivity index (χ2v) is 9.33. The molecule has 2 aliphatic rings. The van der Waals surface area contributed by atoms with Gasteiger partial charge in [-0.15, -0.1) is 11.8 Å². The summed E-state index contributed by atoms with van der Waals surface area (Å²) in [6.45, 7) is 12.9. The first-order chi connectivity index (χ1) is 13.4. The Morgan fingerprint density at radius 3 is 2.39 bits per heavy atom. The molecule has 0 N–H and O–H groups in total. The van der Waals surface area contributed by atoms with Gasteiger partial charge in [0.25, 0.3) is 11.8 Å². The van der Waals surface area contributed by atoms with Crippen LogP contribution in [0.3, 0.4) is 0 Å². The van der Waals surface area contributed by atoms with E-state index < -0.39 is 0 Å². The molecule has 5 nitrogen and oxygen atoms in total. The summed E-state index contributed by atoms with van der Waals surface area (Å²) in [6.07, 6.45) is 0.789. The molecule has 2 amide bonds. The van der Waals surface area contributed by atoms with Crippen LogP contribution in [-0.2, 0) is 14.3 Å². The Labute approximate surface area is 172 Å². The average Bonchev–Trinajstić information content (AvgIpc) is 2.89. The number of hydrogen-bond donors (Lipinski definition) is 0. The normalized spacial score (nSPS) is 18.7. The van der Waals surface area contributed by atoms with Crippen molar-refractivity contribution in [3.05, 3.63) is 39.8 Å². The highest BCUT2D eigenvalue weighted by Gasteiger charge is 2.39. The molecule has 6 heteroatoms. The Morgan fingerprint density at radius 2 is 1.75 bits per heavy atom. The van der Waals surface area contributed by atoms with Crippen molar-refractivity contribution in [1.29, 1.82) is 0 Å². The number of hydrogen-bond acceptors (Lipinski definition) is 5. The molecule has 0 aromatic heterocycles. The lowest BCUT2D eigenvalue weighted by Gasteiger charge is -2.27. The minimum Gasteiger partial charge on any atom is -0.379 e. The predicted molar refractivity (Wildman–Crippen MR) is 114 cm³/mol. The van der Waals surface area contributed by atoms with Gasteiger partial charge in [-0.05, 0) is 37.0 Å². The van der Waals surface area contributed by atoms with Crippen LogP contribution < -0.4 is 0 Å². The number of morpholine rings is 1. The molecule has 2 heterocycles. The fourth-order valence-corrected chi connectivity index (χ4v) is 4.54. The van der Waals surface area contributed by atoms with Gasteiger partial charge in [0.1, 0.15) is 0 Å². The molecule has 1 saturated heterocycles. The van der Waals surface area contributed by atoms with Crippen molar-refractivity contribution in [3.8, 4) is 0 Å². The van der Waals surface area contributed by atoms with Crippen molar-refractivity contribution >= 4 is 29.1 Å². The van der Waals surface area contributed by atoms with Crippen LogP contribution >= 0.6 is 11.8 Å². The summed E-state index contributed by atoms with van der Waals surface area (Å²) in [4.78, 5) is 30.6. The number of nitrogens with zero attached hydrogens (tertiary/aromatic N) is 2. The molecular weight excluding hydrogens is 372 g/mol. The number of ether oxygens (including phenoxy) is 1. The van der Waals surface area contributed by atoms with Crippen molar-refractivity contribution in [2.45, 2.75) is 39.4 Å². The summed E-state index contributed by atoms with van der Waals surface area (Å²) in [7, 11) is 0. The molecule has 0 spiro atoms. The number of carbonyl (C=O) groups excluding carboxylic acids is 2. The monoisotopic (exact) mass is 402 g/mol. The largest absolute Gasteiger partial charge is 0.379 e. The van der Waals surface area contributed by atoms with Crippen LogP contribution in [-0.4, -0.2) is 66.3 Å². The first-order valence-electron chi connectivity index (χ1n) is 10.0. The van der Waals surface area contributed by atoms with Gasteiger partial charge in [-0.1, -0.05) is 32.0 Å². The Morgan fingerprint density at radius 1 is 1.04 bits per heavy atom. The van der Waals surface area contributed by atoms with Crippen LogP contribution in [0.1, 0.15) is 37.0 Å².